The Morgan fingerprint density at radius 2 is 1.68 bits per heavy atom. The zero-order valence-electron chi connectivity index (χ0n) is 24.2. The molecule has 0 saturated carbocycles. The first-order chi connectivity index (χ1) is 18.8. The Balaban J connectivity index is 1.97. The highest BCUT2D eigenvalue weighted by Crippen LogP contribution is 2.39. The molecule has 208 valence electrons. The van der Waals surface area contributed by atoms with Gasteiger partial charge in [0, 0.05) is 17.5 Å². The molecule has 2 aromatic carbocycles. The fraction of sp³-hybridized carbons (Fsp3) is 0.414. The summed E-state index contributed by atoms with van der Waals surface area (Å²) in [4.78, 5) is 15.2. The lowest BCUT2D eigenvalue weighted by molar-refractivity contribution is 0.0688. The van der Waals surface area contributed by atoms with E-state index in [2.05, 4.69) is 76.5 Å². The first-order valence-electron chi connectivity index (χ1n) is 13.2. The van der Waals surface area contributed by atoms with Gasteiger partial charge in [-0.2, -0.15) is 0 Å². The number of carbonyl (C=O) groups is 1. The van der Waals surface area contributed by atoms with Crippen molar-refractivity contribution in [2.24, 2.45) is 5.11 Å². The molecule has 0 saturated heterocycles. The lowest BCUT2D eigenvalue weighted by atomic mass is 9.88. The summed E-state index contributed by atoms with van der Waals surface area (Å²) in [6.07, 6.45) is 1.56. The molecule has 0 unspecified atom stereocenters. The van der Waals surface area contributed by atoms with Gasteiger partial charge in [0.1, 0.15) is 5.60 Å². The van der Waals surface area contributed by atoms with Crippen molar-refractivity contribution >= 4 is 11.5 Å². The van der Waals surface area contributed by atoms with Crippen LogP contribution in [-0.4, -0.2) is 40.9 Å². The predicted octanol–water partition coefficient (Wildman–Crippen LogP) is 6.50. The van der Waals surface area contributed by atoms with Gasteiger partial charge in [-0.25, -0.2) is 9.36 Å². The average molecular weight is 542 g/mol. The van der Waals surface area contributed by atoms with Crippen LogP contribution in [0.15, 0.2) is 41.6 Å². The summed E-state index contributed by atoms with van der Waals surface area (Å²) in [5, 5.41) is 31.3. The molecule has 11 heteroatoms. The van der Waals surface area contributed by atoms with Gasteiger partial charge in [-0.3, -0.25) is 4.79 Å². The van der Waals surface area contributed by atoms with E-state index < -0.39 is 5.60 Å². The van der Waals surface area contributed by atoms with Gasteiger partial charge < -0.3 is 5.11 Å². The zero-order chi connectivity index (χ0) is 29.4. The topological polar surface area (TPSA) is 147 Å². The van der Waals surface area contributed by atoms with Crippen LogP contribution in [-0.2, 0) is 12.1 Å². The van der Waals surface area contributed by atoms with Crippen LogP contribution in [0.3, 0.4) is 0 Å². The standard InChI is InChI=1S/C29H35N9O2/c1-16(2)24-12-22(13-25(17(3)4)28(24)32-34-30)21-9-20(15-37-26(14-31-35-37)29(7,8)40)10-23(11-21)38-18(5)27(19(6)39)33-36-38/h9-14,16-17,40H,15H2,1-8H3. The van der Waals surface area contributed by atoms with E-state index in [1.54, 1.807) is 29.4 Å². The van der Waals surface area contributed by atoms with Gasteiger partial charge in [0.2, 0.25) is 0 Å². The van der Waals surface area contributed by atoms with Gasteiger partial charge in [0.05, 0.1) is 29.8 Å². The van der Waals surface area contributed by atoms with E-state index in [0.717, 1.165) is 33.5 Å². The van der Waals surface area contributed by atoms with Crippen molar-refractivity contribution in [2.75, 3.05) is 0 Å². The number of azide groups is 1. The maximum atomic E-state index is 12.1. The van der Waals surface area contributed by atoms with Gasteiger partial charge in [-0.1, -0.05) is 55.4 Å². The third kappa shape index (κ3) is 5.66. The van der Waals surface area contributed by atoms with Crippen molar-refractivity contribution in [3.05, 3.63) is 80.7 Å². The number of rotatable bonds is 9. The normalized spacial score (nSPS) is 11.8. The van der Waals surface area contributed by atoms with Crippen LogP contribution >= 0.6 is 0 Å². The number of nitrogens with zero attached hydrogens (tertiary/aromatic N) is 9. The molecule has 40 heavy (non-hydrogen) atoms. The molecule has 0 aliphatic heterocycles. The molecule has 0 atom stereocenters. The fourth-order valence-electron chi connectivity index (χ4n) is 4.86. The Bertz CT molecular complexity index is 1590. The molecule has 1 N–H and O–H groups in total. The molecule has 0 bridgehead atoms. The molecular weight excluding hydrogens is 506 g/mol. The van der Waals surface area contributed by atoms with Gasteiger partial charge in [0.25, 0.3) is 0 Å². The molecule has 11 nitrogen and oxygen atoms in total. The number of ketones is 1. The van der Waals surface area contributed by atoms with Gasteiger partial charge in [-0.15, -0.1) is 10.2 Å². The van der Waals surface area contributed by atoms with E-state index >= 15 is 0 Å². The highest BCUT2D eigenvalue weighted by Gasteiger charge is 2.23. The number of hydrogen-bond donors (Lipinski definition) is 1. The molecule has 0 aliphatic rings. The first-order valence-corrected chi connectivity index (χ1v) is 13.2. The van der Waals surface area contributed by atoms with Crippen molar-refractivity contribution in [1.82, 2.24) is 30.0 Å². The third-order valence-corrected chi connectivity index (χ3v) is 6.92. The minimum absolute atomic E-state index is 0.126. The Morgan fingerprint density at radius 3 is 2.20 bits per heavy atom. The summed E-state index contributed by atoms with van der Waals surface area (Å²) in [5.74, 6) is 0.0934. The number of Topliss-reactive ketones (excluding diaryl/α,β-unsaturated/α-hetero) is 1. The number of aliphatic hydroxyl groups is 1. The van der Waals surface area contributed by atoms with Crippen LogP contribution < -0.4 is 0 Å². The monoisotopic (exact) mass is 541 g/mol. The minimum Gasteiger partial charge on any atom is -0.384 e. The van der Waals surface area contributed by atoms with Crippen molar-refractivity contribution in [3.8, 4) is 16.8 Å². The van der Waals surface area contributed by atoms with E-state index in [4.69, 9.17) is 0 Å². The summed E-state index contributed by atoms with van der Waals surface area (Å²) in [5.41, 5.74) is 15.8. The Morgan fingerprint density at radius 1 is 1.05 bits per heavy atom. The summed E-state index contributed by atoms with van der Waals surface area (Å²) >= 11 is 0. The van der Waals surface area contributed by atoms with E-state index in [-0.39, 0.29) is 17.6 Å². The van der Waals surface area contributed by atoms with Gasteiger partial charge in [-0.05, 0) is 84.2 Å². The molecule has 2 aromatic heterocycles. The summed E-state index contributed by atoms with van der Waals surface area (Å²) in [7, 11) is 0. The highest BCUT2D eigenvalue weighted by molar-refractivity contribution is 5.93. The largest absolute Gasteiger partial charge is 0.384 e. The summed E-state index contributed by atoms with van der Waals surface area (Å²) in [6, 6.07) is 10.2. The molecule has 0 spiro atoms. The molecule has 0 aliphatic carbocycles. The molecule has 2 heterocycles. The quantitative estimate of drug-likeness (QED) is 0.111. The Labute approximate surface area is 233 Å². The number of benzene rings is 2. The van der Waals surface area contributed by atoms with Gasteiger partial charge >= 0.3 is 0 Å². The third-order valence-electron chi connectivity index (χ3n) is 6.92. The fourth-order valence-corrected chi connectivity index (χ4v) is 4.86. The minimum atomic E-state index is -1.13. The molecule has 0 fully saturated rings. The number of carbonyl (C=O) groups excluding carboxylic acids is 1. The molecule has 0 radical (unpaired) electrons. The molecular formula is C29H35N9O2. The zero-order valence-corrected chi connectivity index (χ0v) is 24.2. The van der Waals surface area contributed by atoms with E-state index in [1.807, 2.05) is 19.1 Å². The van der Waals surface area contributed by atoms with Gasteiger partial charge in [0.15, 0.2) is 11.5 Å². The first kappa shape index (κ1) is 28.7. The van der Waals surface area contributed by atoms with Crippen LogP contribution in [0.1, 0.15) is 98.9 Å². The smallest absolute Gasteiger partial charge is 0.181 e. The van der Waals surface area contributed by atoms with Crippen LogP contribution in [0.2, 0.25) is 0 Å². The SMILES string of the molecule is CC(=O)c1nnn(-c2cc(Cn3nncc3C(C)(C)O)cc(-c3cc(C(C)C)c(N=[N+]=[N-])c(C(C)C)c3)c2)c1C. The predicted molar refractivity (Wildman–Crippen MR) is 153 cm³/mol. The van der Waals surface area contributed by atoms with Crippen molar-refractivity contribution in [2.45, 2.75) is 79.4 Å². The van der Waals surface area contributed by atoms with Crippen molar-refractivity contribution < 1.29 is 9.90 Å². The lowest BCUT2D eigenvalue weighted by Crippen LogP contribution is -2.22. The van der Waals surface area contributed by atoms with Crippen molar-refractivity contribution in [3.63, 3.8) is 0 Å². The second-order valence-corrected chi connectivity index (χ2v) is 11.2. The van der Waals surface area contributed by atoms with Crippen LogP contribution in [0.5, 0.6) is 0 Å². The molecule has 4 rings (SSSR count). The second kappa shape index (κ2) is 11.0. The second-order valence-electron chi connectivity index (χ2n) is 11.2. The van der Waals surface area contributed by atoms with E-state index in [0.29, 0.717) is 29.3 Å². The average Bonchev–Trinajstić information content (AvgIpc) is 3.50. The molecule has 0 amide bonds. The maximum Gasteiger partial charge on any atom is 0.181 e. The summed E-state index contributed by atoms with van der Waals surface area (Å²) in [6.45, 7) is 15.3. The maximum absolute atomic E-state index is 12.1. The van der Waals surface area contributed by atoms with Crippen LogP contribution in [0.4, 0.5) is 5.69 Å². The number of hydrogen-bond acceptors (Lipinski definition) is 7. The van der Waals surface area contributed by atoms with Crippen molar-refractivity contribution in [1.29, 1.82) is 0 Å². The van der Waals surface area contributed by atoms with Crippen LogP contribution in [0.25, 0.3) is 27.3 Å². The van der Waals surface area contributed by atoms with E-state index in [9.17, 15) is 15.4 Å². The Hall–Kier alpha value is -4.34. The van der Waals surface area contributed by atoms with Crippen LogP contribution in [0, 0.1) is 6.92 Å². The van der Waals surface area contributed by atoms with E-state index in [1.165, 1.54) is 6.92 Å². The molecule has 4 aromatic rings. The lowest BCUT2D eigenvalue weighted by Gasteiger charge is -2.20. The summed E-state index contributed by atoms with van der Waals surface area (Å²) < 4.78 is 3.32. The number of aromatic nitrogens is 6. The highest BCUT2D eigenvalue weighted by atomic mass is 16.3. The Kier molecular flexibility index (Phi) is 7.91.